The number of aromatic nitrogens is 2. The van der Waals surface area contributed by atoms with Crippen molar-refractivity contribution in [3.63, 3.8) is 0 Å². The van der Waals surface area contributed by atoms with Crippen LogP contribution in [0.3, 0.4) is 0 Å². The Labute approximate surface area is 188 Å². The van der Waals surface area contributed by atoms with E-state index < -0.39 is 10.0 Å². The first-order chi connectivity index (χ1) is 15.2. The summed E-state index contributed by atoms with van der Waals surface area (Å²) in [4.78, 5) is 18.8. The molecule has 0 radical (unpaired) electrons. The van der Waals surface area contributed by atoms with Crippen molar-refractivity contribution in [3.8, 4) is 5.75 Å². The summed E-state index contributed by atoms with van der Waals surface area (Å²) >= 11 is 0. The molecular weight excluding hydrogens is 428 g/mol. The highest BCUT2D eigenvalue weighted by Crippen LogP contribution is 2.31. The molecule has 170 valence electrons. The number of fused-ring (bicyclic) bond motifs is 1. The predicted octanol–water partition coefficient (Wildman–Crippen LogP) is 3.08. The molecule has 1 amide bonds. The van der Waals surface area contributed by atoms with Gasteiger partial charge in [0.05, 0.1) is 23.0 Å². The SMILES string of the molecule is COc1ccc(S(=O)(=O)N2CCC(n3c(C)nc4cc(C(=O)N(C)C)ccc43)CC2)cc1. The predicted molar refractivity (Wildman–Crippen MR) is 123 cm³/mol. The summed E-state index contributed by atoms with van der Waals surface area (Å²) in [5.74, 6) is 1.43. The standard InChI is InChI=1S/C23H28N4O4S/c1-16-24-21-15-17(23(28)25(2)3)5-10-22(21)27(16)18-11-13-26(14-12-18)32(29,30)20-8-6-19(31-4)7-9-20/h5-10,15,18H,11-14H2,1-4H3. The van der Waals surface area contributed by atoms with Crippen molar-refractivity contribution in [2.24, 2.45) is 0 Å². The molecule has 8 nitrogen and oxygen atoms in total. The number of amides is 1. The summed E-state index contributed by atoms with van der Waals surface area (Å²) < 4.78 is 34.9. The van der Waals surface area contributed by atoms with Crippen molar-refractivity contribution in [1.29, 1.82) is 0 Å². The molecular formula is C23H28N4O4S. The molecule has 1 aliphatic heterocycles. The minimum atomic E-state index is -3.54. The second-order valence-corrected chi connectivity index (χ2v) is 10.2. The van der Waals surface area contributed by atoms with E-state index in [1.807, 2.05) is 25.1 Å². The molecule has 1 fully saturated rings. The number of sulfonamides is 1. The van der Waals surface area contributed by atoms with Gasteiger partial charge in [0.2, 0.25) is 10.0 Å². The van der Waals surface area contributed by atoms with Gasteiger partial charge in [-0.1, -0.05) is 0 Å². The molecule has 0 atom stereocenters. The molecule has 0 saturated carbocycles. The van der Waals surface area contributed by atoms with Gasteiger partial charge in [-0.15, -0.1) is 0 Å². The highest BCUT2D eigenvalue weighted by atomic mass is 32.2. The number of carbonyl (C=O) groups is 1. The number of benzene rings is 2. The molecule has 0 N–H and O–H groups in total. The van der Waals surface area contributed by atoms with Crippen LogP contribution in [0.4, 0.5) is 0 Å². The summed E-state index contributed by atoms with van der Waals surface area (Å²) in [6.07, 6.45) is 1.39. The van der Waals surface area contributed by atoms with Crippen LogP contribution in [0.5, 0.6) is 5.75 Å². The minimum absolute atomic E-state index is 0.0591. The smallest absolute Gasteiger partial charge is 0.253 e. The Balaban J connectivity index is 1.53. The average Bonchev–Trinajstić information content (AvgIpc) is 3.13. The fourth-order valence-electron chi connectivity index (χ4n) is 4.31. The maximum absolute atomic E-state index is 13.0. The number of imidazole rings is 1. The van der Waals surface area contributed by atoms with Gasteiger partial charge in [-0.3, -0.25) is 4.79 Å². The summed E-state index contributed by atoms with van der Waals surface area (Å²) in [7, 11) is 1.46. The zero-order valence-electron chi connectivity index (χ0n) is 18.8. The molecule has 2 aromatic carbocycles. The van der Waals surface area contributed by atoms with Crippen molar-refractivity contribution in [2.75, 3.05) is 34.3 Å². The van der Waals surface area contributed by atoms with Gasteiger partial charge in [0.25, 0.3) is 5.91 Å². The number of aryl methyl sites for hydroxylation is 1. The van der Waals surface area contributed by atoms with Crippen LogP contribution in [0.1, 0.15) is 35.1 Å². The topological polar surface area (TPSA) is 84.7 Å². The molecule has 1 aromatic heterocycles. The van der Waals surface area contributed by atoms with Crippen molar-refractivity contribution < 1.29 is 17.9 Å². The quantitative estimate of drug-likeness (QED) is 0.589. The Morgan fingerprint density at radius 3 is 2.34 bits per heavy atom. The lowest BCUT2D eigenvalue weighted by Gasteiger charge is -2.32. The van der Waals surface area contributed by atoms with Crippen molar-refractivity contribution in [2.45, 2.75) is 30.7 Å². The van der Waals surface area contributed by atoms with Gasteiger partial charge < -0.3 is 14.2 Å². The van der Waals surface area contributed by atoms with Gasteiger partial charge in [-0.2, -0.15) is 4.31 Å². The Bertz CT molecular complexity index is 1240. The molecule has 1 aliphatic rings. The van der Waals surface area contributed by atoms with E-state index in [0.29, 0.717) is 37.2 Å². The summed E-state index contributed by atoms with van der Waals surface area (Å²) in [5.41, 5.74) is 2.35. The van der Waals surface area contributed by atoms with Crippen LogP contribution in [-0.2, 0) is 10.0 Å². The fraction of sp³-hybridized carbons (Fsp3) is 0.391. The zero-order chi connectivity index (χ0) is 23.0. The second-order valence-electron chi connectivity index (χ2n) is 8.24. The van der Waals surface area contributed by atoms with Crippen LogP contribution < -0.4 is 4.74 Å². The van der Waals surface area contributed by atoms with Crippen LogP contribution in [-0.4, -0.2) is 67.4 Å². The van der Waals surface area contributed by atoms with E-state index >= 15 is 0 Å². The summed E-state index contributed by atoms with van der Waals surface area (Å²) in [6.45, 7) is 2.83. The van der Waals surface area contributed by atoms with E-state index in [0.717, 1.165) is 16.9 Å². The lowest BCUT2D eigenvalue weighted by atomic mass is 10.1. The number of methoxy groups -OCH3 is 1. The molecule has 1 saturated heterocycles. The number of carbonyl (C=O) groups excluding carboxylic acids is 1. The number of nitrogens with zero attached hydrogens (tertiary/aromatic N) is 4. The molecule has 0 aliphatic carbocycles. The molecule has 0 spiro atoms. The van der Waals surface area contributed by atoms with Crippen molar-refractivity contribution in [3.05, 3.63) is 53.9 Å². The maximum atomic E-state index is 13.0. The Morgan fingerprint density at radius 2 is 1.75 bits per heavy atom. The molecule has 2 heterocycles. The van der Waals surface area contributed by atoms with Crippen molar-refractivity contribution in [1.82, 2.24) is 18.8 Å². The third-order valence-electron chi connectivity index (χ3n) is 6.00. The van der Waals surface area contributed by atoms with Gasteiger partial charge in [-0.05, 0) is 62.2 Å². The summed E-state index contributed by atoms with van der Waals surface area (Å²) in [6, 6.07) is 12.2. The van der Waals surface area contributed by atoms with Gasteiger partial charge in [0, 0.05) is 38.8 Å². The lowest BCUT2D eigenvalue weighted by molar-refractivity contribution is 0.0827. The van der Waals surface area contributed by atoms with Crippen LogP contribution in [0.25, 0.3) is 11.0 Å². The maximum Gasteiger partial charge on any atom is 0.253 e. The lowest BCUT2D eigenvalue weighted by Crippen LogP contribution is -2.39. The van der Waals surface area contributed by atoms with Gasteiger partial charge in [-0.25, -0.2) is 13.4 Å². The first-order valence-electron chi connectivity index (χ1n) is 10.6. The van der Waals surface area contributed by atoms with E-state index in [1.165, 1.54) is 0 Å². The highest BCUT2D eigenvalue weighted by Gasteiger charge is 2.31. The fourth-order valence-corrected chi connectivity index (χ4v) is 5.78. The van der Waals surface area contributed by atoms with Crippen molar-refractivity contribution >= 4 is 27.0 Å². The molecule has 3 aromatic rings. The largest absolute Gasteiger partial charge is 0.497 e. The number of hydrogen-bond donors (Lipinski definition) is 0. The first-order valence-corrected chi connectivity index (χ1v) is 12.0. The van der Waals surface area contributed by atoms with Gasteiger partial charge in [0.1, 0.15) is 11.6 Å². The molecule has 4 rings (SSSR count). The molecule has 0 unspecified atom stereocenters. The van der Waals surface area contributed by atoms with Crippen LogP contribution >= 0.6 is 0 Å². The number of rotatable bonds is 5. The minimum Gasteiger partial charge on any atom is -0.497 e. The van der Waals surface area contributed by atoms with E-state index in [9.17, 15) is 13.2 Å². The van der Waals surface area contributed by atoms with E-state index in [1.54, 1.807) is 54.7 Å². The van der Waals surface area contributed by atoms with Crippen LogP contribution in [0.15, 0.2) is 47.4 Å². The molecule has 0 bridgehead atoms. The van der Waals surface area contributed by atoms with E-state index in [2.05, 4.69) is 9.55 Å². The molecule has 32 heavy (non-hydrogen) atoms. The number of ether oxygens (including phenoxy) is 1. The highest BCUT2D eigenvalue weighted by molar-refractivity contribution is 7.89. The third kappa shape index (κ3) is 3.98. The van der Waals surface area contributed by atoms with Gasteiger partial charge >= 0.3 is 0 Å². The van der Waals surface area contributed by atoms with Gasteiger partial charge in [0.15, 0.2) is 0 Å². The van der Waals surface area contributed by atoms with Crippen LogP contribution in [0.2, 0.25) is 0 Å². The van der Waals surface area contributed by atoms with E-state index in [-0.39, 0.29) is 16.8 Å². The van der Waals surface area contributed by atoms with Crippen LogP contribution in [0, 0.1) is 6.92 Å². The number of hydrogen-bond acceptors (Lipinski definition) is 5. The number of piperidine rings is 1. The molecule has 9 heteroatoms. The third-order valence-corrected chi connectivity index (χ3v) is 7.92. The summed E-state index contributed by atoms with van der Waals surface area (Å²) in [5, 5.41) is 0. The normalized spacial score (nSPS) is 15.8. The first kappa shape index (κ1) is 22.3. The Kier molecular flexibility index (Phi) is 5.96. The van der Waals surface area contributed by atoms with E-state index in [4.69, 9.17) is 4.74 Å². The average molecular weight is 457 g/mol. The monoisotopic (exact) mass is 456 g/mol. The Hall–Kier alpha value is -2.91. The second kappa shape index (κ2) is 8.55. The zero-order valence-corrected chi connectivity index (χ0v) is 19.6. The Morgan fingerprint density at radius 1 is 1.09 bits per heavy atom.